The Hall–Kier alpha value is -1.29. The van der Waals surface area contributed by atoms with E-state index in [9.17, 15) is 0 Å². The van der Waals surface area contributed by atoms with Crippen LogP contribution in [0.4, 0.5) is 0 Å². The predicted molar refractivity (Wildman–Crippen MR) is 83.1 cm³/mol. The van der Waals surface area contributed by atoms with E-state index in [4.69, 9.17) is 4.74 Å². The summed E-state index contributed by atoms with van der Waals surface area (Å²) < 4.78 is 8.85. The Bertz CT molecular complexity index is 634. The number of benzene rings is 1. The first-order valence-electron chi connectivity index (χ1n) is 7.07. The molecular formula is C16H19BrN2O. The minimum absolute atomic E-state index is 0.538. The Morgan fingerprint density at radius 3 is 2.70 bits per heavy atom. The smallest absolute Gasteiger partial charge is 0.131 e. The second-order valence-electron chi connectivity index (χ2n) is 5.40. The quantitative estimate of drug-likeness (QED) is 0.849. The molecule has 1 aliphatic carbocycles. The van der Waals surface area contributed by atoms with E-state index in [2.05, 4.69) is 39.2 Å². The van der Waals surface area contributed by atoms with Gasteiger partial charge in [0.25, 0.3) is 0 Å². The highest BCUT2D eigenvalue weighted by molar-refractivity contribution is 9.10. The zero-order valence-electron chi connectivity index (χ0n) is 11.9. The first-order valence-corrected chi connectivity index (χ1v) is 7.87. The second-order valence-corrected chi connectivity index (χ2v) is 6.19. The lowest BCUT2D eigenvalue weighted by atomic mass is 9.92. The number of hydrogen-bond acceptors (Lipinski definition) is 2. The third kappa shape index (κ3) is 2.62. The number of fused-ring (bicyclic) bond motifs is 1. The Balaban J connectivity index is 1.75. The van der Waals surface area contributed by atoms with Crippen LogP contribution in [-0.2, 0) is 26.5 Å². The van der Waals surface area contributed by atoms with E-state index in [1.165, 1.54) is 36.8 Å². The van der Waals surface area contributed by atoms with E-state index >= 15 is 0 Å². The van der Waals surface area contributed by atoms with Crippen LogP contribution >= 0.6 is 15.9 Å². The molecule has 0 radical (unpaired) electrons. The number of aryl methyl sites for hydroxylation is 4. The van der Waals surface area contributed by atoms with E-state index in [0.717, 1.165) is 21.6 Å². The van der Waals surface area contributed by atoms with Crippen LogP contribution in [0.25, 0.3) is 0 Å². The van der Waals surface area contributed by atoms with Crippen LogP contribution in [0.3, 0.4) is 0 Å². The second kappa shape index (κ2) is 5.60. The van der Waals surface area contributed by atoms with Crippen molar-refractivity contribution in [2.24, 2.45) is 7.05 Å². The molecule has 1 heterocycles. The van der Waals surface area contributed by atoms with E-state index in [0.29, 0.717) is 6.61 Å². The number of halogens is 1. The number of aromatic nitrogens is 2. The van der Waals surface area contributed by atoms with Crippen LogP contribution in [-0.4, -0.2) is 9.78 Å². The molecule has 3 nitrogen and oxygen atoms in total. The van der Waals surface area contributed by atoms with Gasteiger partial charge in [0, 0.05) is 7.05 Å². The highest BCUT2D eigenvalue weighted by Crippen LogP contribution is 2.27. The summed E-state index contributed by atoms with van der Waals surface area (Å²) >= 11 is 3.57. The van der Waals surface area contributed by atoms with Gasteiger partial charge in [-0.2, -0.15) is 5.10 Å². The Kier molecular flexibility index (Phi) is 3.83. The molecule has 4 heteroatoms. The lowest BCUT2D eigenvalue weighted by molar-refractivity contribution is 0.293. The zero-order valence-corrected chi connectivity index (χ0v) is 13.5. The molecule has 0 unspecified atom stereocenters. The molecule has 0 amide bonds. The Labute approximate surface area is 128 Å². The maximum absolute atomic E-state index is 5.94. The summed E-state index contributed by atoms with van der Waals surface area (Å²) in [6.07, 6.45) is 5.00. The van der Waals surface area contributed by atoms with Gasteiger partial charge in [-0.25, -0.2) is 0 Å². The first kappa shape index (κ1) is 13.7. The molecule has 0 fully saturated rings. The van der Waals surface area contributed by atoms with Gasteiger partial charge in [-0.3, -0.25) is 4.68 Å². The summed E-state index contributed by atoms with van der Waals surface area (Å²) in [7, 11) is 1.95. The number of hydrogen-bond donors (Lipinski definition) is 0. The minimum atomic E-state index is 0.538. The summed E-state index contributed by atoms with van der Waals surface area (Å²) in [5, 5.41) is 4.38. The number of nitrogens with zero attached hydrogens (tertiary/aromatic N) is 2. The van der Waals surface area contributed by atoms with Crippen molar-refractivity contribution in [2.75, 3.05) is 0 Å². The molecule has 0 N–H and O–H groups in total. The molecule has 106 valence electrons. The van der Waals surface area contributed by atoms with Crippen LogP contribution in [0.2, 0.25) is 0 Å². The average Bonchev–Trinajstić information content (AvgIpc) is 2.70. The summed E-state index contributed by atoms with van der Waals surface area (Å²) in [5.74, 6) is 0.955. The molecule has 0 saturated carbocycles. The minimum Gasteiger partial charge on any atom is -0.487 e. The van der Waals surface area contributed by atoms with Gasteiger partial charge in [0.15, 0.2) is 0 Å². The number of ether oxygens (including phenoxy) is 1. The van der Waals surface area contributed by atoms with Crippen molar-refractivity contribution in [2.45, 2.75) is 39.2 Å². The molecule has 1 aliphatic rings. The van der Waals surface area contributed by atoms with Crippen LogP contribution in [0.1, 0.15) is 35.4 Å². The highest BCUT2D eigenvalue weighted by atomic mass is 79.9. The van der Waals surface area contributed by atoms with Crippen LogP contribution in [0.15, 0.2) is 22.7 Å². The Morgan fingerprint density at radius 2 is 2.00 bits per heavy atom. The van der Waals surface area contributed by atoms with E-state index < -0.39 is 0 Å². The van der Waals surface area contributed by atoms with Crippen molar-refractivity contribution >= 4 is 15.9 Å². The Morgan fingerprint density at radius 1 is 1.25 bits per heavy atom. The predicted octanol–water partition coefficient (Wildman–Crippen LogP) is 3.95. The molecule has 20 heavy (non-hydrogen) atoms. The van der Waals surface area contributed by atoms with Gasteiger partial charge < -0.3 is 4.74 Å². The first-order chi connectivity index (χ1) is 9.65. The van der Waals surface area contributed by atoms with Gasteiger partial charge >= 0.3 is 0 Å². The lowest BCUT2D eigenvalue weighted by Crippen LogP contribution is -2.06. The van der Waals surface area contributed by atoms with Crippen molar-refractivity contribution in [1.82, 2.24) is 9.78 Å². The van der Waals surface area contributed by atoms with Crippen molar-refractivity contribution < 1.29 is 4.74 Å². The summed E-state index contributed by atoms with van der Waals surface area (Å²) in [5.41, 5.74) is 5.01. The maximum atomic E-state index is 5.94. The van der Waals surface area contributed by atoms with Gasteiger partial charge in [0.1, 0.15) is 12.4 Å². The van der Waals surface area contributed by atoms with Crippen molar-refractivity contribution in [3.63, 3.8) is 0 Å². The summed E-state index contributed by atoms with van der Waals surface area (Å²) in [6, 6.07) is 6.50. The van der Waals surface area contributed by atoms with Gasteiger partial charge in [-0.05, 0) is 71.8 Å². The standard InChI is InChI=1S/C16H19BrN2O/c1-11-16(17)15(19(2)18-11)10-20-14-8-7-12-5-3-4-6-13(12)9-14/h7-9H,3-6,10H2,1-2H3. The normalized spacial score (nSPS) is 14.2. The van der Waals surface area contributed by atoms with Gasteiger partial charge in [-0.15, -0.1) is 0 Å². The fourth-order valence-corrected chi connectivity index (χ4v) is 3.24. The molecule has 1 aromatic heterocycles. The van der Waals surface area contributed by atoms with Crippen LogP contribution in [0, 0.1) is 6.92 Å². The SMILES string of the molecule is Cc1nn(C)c(COc2ccc3c(c2)CCCC3)c1Br. The molecule has 0 saturated heterocycles. The lowest BCUT2D eigenvalue weighted by Gasteiger charge is -2.17. The third-order valence-corrected chi connectivity index (χ3v) is 4.99. The van der Waals surface area contributed by atoms with Crippen molar-refractivity contribution in [3.8, 4) is 5.75 Å². The fourth-order valence-electron chi connectivity index (χ4n) is 2.79. The molecule has 2 aromatic rings. The molecule has 3 rings (SSSR count). The topological polar surface area (TPSA) is 27.1 Å². The average molecular weight is 335 g/mol. The molecular weight excluding hydrogens is 316 g/mol. The molecule has 1 aromatic carbocycles. The fraction of sp³-hybridized carbons (Fsp3) is 0.438. The van der Waals surface area contributed by atoms with Crippen LogP contribution in [0.5, 0.6) is 5.75 Å². The zero-order chi connectivity index (χ0) is 14.1. The monoisotopic (exact) mass is 334 g/mol. The van der Waals surface area contributed by atoms with E-state index in [-0.39, 0.29) is 0 Å². The largest absolute Gasteiger partial charge is 0.487 e. The van der Waals surface area contributed by atoms with Gasteiger partial charge in [0.2, 0.25) is 0 Å². The summed E-state index contributed by atoms with van der Waals surface area (Å²) in [6.45, 7) is 2.53. The maximum Gasteiger partial charge on any atom is 0.131 e. The molecule has 0 bridgehead atoms. The van der Waals surface area contributed by atoms with Crippen molar-refractivity contribution in [1.29, 1.82) is 0 Å². The van der Waals surface area contributed by atoms with Gasteiger partial charge in [-0.1, -0.05) is 6.07 Å². The summed E-state index contributed by atoms with van der Waals surface area (Å²) in [4.78, 5) is 0. The molecule has 0 aliphatic heterocycles. The van der Waals surface area contributed by atoms with Crippen LogP contribution < -0.4 is 4.74 Å². The third-order valence-electron chi connectivity index (χ3n) is 3.96. The number of rotatable bonds is 3. The van der Waals surface area contributed by atoms with E-state index in [1.807, 2.05) is 18.7 Å². The molecule has 0 spiro atoms. The molecule has 0 atom stereocenters. The van der Waals surface area contributed by atoms with Gasteiger partial charge in [0.05, 0.1) is 15.9 Å². The van der Waals surface area contributed by atoms with E-state index in [1.54, 1.807) is 0 Å². The van der Waals surface area contributed by atoms with Crippen molar-refractivity contribution in [3.05, 3.63) is 45.2 Å². The highest BCUT2D eigenvalue weighted by Gasteiger charge is 2.13.